The normalized spacial score (nSPS) is 10.7. The van der Waals surface area contributed by atoms with E-state index in [2.05, 4.69) is 41.3 Å². The second-order valence-electron chi connectivity index (χ2n) is 4.17. The lowest BCUT2D eigenvalue weighted by Crippen LogP contribution is -1.85. The van der Waals surface area contributed by atoms with E-state index in [4.69, 9.17) is 4.52 Å². The SMILES string of the molecule is CCCCc1ccc(-c2nc(CC)no2)cc1. The van der Waals surface area contributed by atoms with E-state index in [9.17, 15) is 0 Å². The summed E-state index contributed by atoms with van der Waals surface area (Å²) in [5.74, 6) is 1.37. The maximum atomic E-state index is 5.20. The molecule has 0 fully saturated rings. The topological polar surface area (TPSA) is 38.9 Å². The zero-order valence-electron chi connectivity index (χ0n) is 10.4. The van der Waals surface area contributed by atoms with Gasteiger partial charge < -0.3 is 4.52 Å². The largest absolute Gasteiger partial charge is 0.334 e. The minimum absolute atomic E-state index is 0.615. The van der Waals surface area contributed by atoms with Crippen LogP contribution in [0.1, 0.15) is 38.1 Å². The highest BCUT2D eigenvalue weighted by atomic mass is 16.5. The highest BCUT2D eigenvalue weighted by Crippen LogP contribution is 2.18. The molecule has 3 nitrogen and oxygen atoms in total. The molecule has 3 heteroatoms. The zero-order chi connectivity index (χ0) is 12.1. The van der Waals surface area contributed by atoms with Crippen molar-refractivity contribution in [2.24, 2.45) is 0 Å². The van der Waals surface area contributed by atoms with Gasteiger partial charge in [0.1, 0.15) is 0 Å². The minimum atomic E-state index is 0.615. The first-order valence-corrected chi connectivity index (χ1v) is 6.25. The molecule has 0 amide bonds. The van der Waals surface area contributed by atoms with Gasteiger partial charge in [-0.15, -0.1) is 0 Å². The van der Waals surface area contributed by atoms with Crippen LogP contribution in [0.4, 0.5) is 0 Å². The molecule has 0 radical (unpaired) electrons. The maximum absolute atomic E-state index is 5.20. The van der Waals surface area contributed by atoms with Crippen molar-refractivity contribution in [3.05, 3.63) is 35.7 Å². The number of hydrogen-bond acceptors (Lipinski definition) is 3. The molecule has 17 heavy (non-hydrogen) atoms. The van der Waals surface area contributed by atoms with E-state index in [-0.39, 0.29) is 0 Å². The van der Waals surface area contributed by atoms with Gasteiger partial charge in [-0.1, -0.05) is 37.6 Å². The minimum Gasteiger partial charge on any atom is -0.334 e. The van der Waals surface area contributed by atoms with Gasteiger partial charge in [0.25, 0.3) is 5.89 Å². The van der Waals surface area contributed by atoms with Crippen molar-refractivity contribution in [2.45, 2.75) is 39.5 Å². The fraction of sp³-hybridized carbons (Fsp3) is 0.429. The molecule has 0 N–H and O–H groups in total. The van der Waals surface area contributed by atoms with Crippen LogP contribution in [-0.4, -0.2) is 10.1 Å². The van der Waals surface area contributed by atoms with Gasteiger partial charge in [0.2, 0.25) is 0 Å². The molecule has 0 saturated heterocycles. The Kier molecular flexibility index (Phi) is 3.91. The molecule has 0 unspecified atom stereocenters. The van der Waals surface area contributed by atoms with Crippen LogP contribution in [-0.2, 0) is 12.8 Å². The first-order chi connectivity index (χ1) is 8.33. The molecule has 1 aromatic heterocycles. The molecule has 0 spiro atoms. The van der Waals surface area contributed by atoms with Crippen molar-refractivity contribution in [2.75, 3.05) is 0 Å². The standard InChI is InChI=1S/C14H18N2O/c1-3-5-6-11-7-9-12(10-8-11)14-15-13(4-2)16-17-14/h7-10H,3-6H2,1-2H3. The molecule has 2 rings (SSSR count). The number of aromatic nitrogens is 2. The van der Waals surface area contributed by atoms with E-state index in [0.29, 0.717) is 5.89 Å². The molecule has 0 atom stereocenters. The molecule has 90 valence electrons. The van der Waals surface area contributed by atoms with Gasteiger partial charge in [0.05, 0.1) is 0 Å². The third-order valence-corrected chi connectivity index (χ3v) is 2.80. The number of aryl methyl sites for hydroxylation is 2. The lowest BCUT2D eigenvalue weighted by molar-refractivity contribution is 0.423. The average Bonchev–Trinajstić information content (AvgIpc) is 2.86. The van der Waals surface area contributed by atoms with Crippen LogP contribution in [0.2, 0.25) is 0 Å². The molecule has 1 heterocycles. The molecule has 0 bridgehead atoms. The van der Waals surface area contributed by atoms with Crippen LogP contribution >= 0.6 is 0 Å². The van der Waals surface area contributed by atoms with Gasteiger partial charge in [-0.05, 0) is 30.5 Å². The van der Waals surface area contributed by atoms with Gasteiger partial charge in [-0.2, -0.15) is 4.98 Å². The highest BCUT2D eigenvalue weighted by Gasteiger charge is 2.06. The Morgan fingerprint density at radius 1 is 1.12 bits per heavy atom. The number of benzene rings is 1. The van der Waals surface area contributed by atoms with E-state index in [1.54, 1.807) is 0 Å². The summed E-state index contributed by atoms with van der Waals surface area (Å²) in [5.41, 5.74) is 2.36. The van der Waals surface area contributed by atoms with E-state index in [1.807, 2.05) is 6.92 Å². The lowest BCUT2D eigenvalue weighted by Gasteiger charge is -2.00. The quantitative estimate of drug-likeness (QED) is 0.787. The second kappa shape index (κ2) is 5.62. The monoisotopic (exact) mass is 230 g/mol. The average molecular weight is 230 g/mol. The summed E-state index contributed by atoms with van der Waals surface area (Å²) in [4.78, 5) is 4.31. The van der Waals surface area contributed by atoms with Gasteiger partial charge in [0.15, 0.2) is 5.82 Å². The first kappa shape index (κ1) is 11.8. The fourth-order valence-corrected chi connectivity index (χ4v) is 1.71. The molecular formula is C14H18N2O. The Morgan fingerprint density at radius 3 is 2.47 bits per heavy atom. The van der Waals surface area contributed by atoms with Crippen LogP contribution in [0, 0.1) is 0 Å². The molecular weight excluding hydrogens is 212 g/mol. The molecule has 0 aliphatic heterocycles. The molecule has 0 saturated carbocycles. The van der Waals surface area contributed by atoms with Gasteiger partial charge >= 0.3 is 0 Å². The van der Waals surface area contributed by atoms with Crippen molar-refractivity contribution >= 4 is 0 Å². The molecule has 0 aliphatic carbocycles. The van der Waals surface area contributed by atoms with E-state index < -0.39 is 0 Å². The molecule has 0 aliphatic rings. The van der Waals surface area contributed by atoms with Crippen LogP contribution in [0.3, 0.4) is 0 Å². The van der Waals surface area contributed by atoms with Crippen LogP contribution < -0.4 is 0 Å². The summed E-state index contributed by atoms with van der Waals surface area (Å²) < 4.78 is 5.20. The number of rotatable bonds is 5. The second-order valence-corrected chi connectivity index (χ2v) is 4.17. The summed E-state index contributed by atoms with van der Waals surface area (Å²) in [6.07, 6.45) is 4.41. The van der Waals surface area contributed by atoms with Crippen molar-refractivity contribution in [3.63, 3.8) is 0 Å². The smallest absolute Gasteiger partial charge is 0.257 e. The van der Waals surface area contributed by atoms with Crippen LogP contribution in [0.15, 0.2) is 28.8 Å². The Labute approximate surface area is 102 Å². The summed E-state index contributed by atoms with van der Waals surface area (Å²) in [7, 11) is 0. The Hall–Kier alpha value is -1.64. The summed E-state index contributed by atoms with van der Waals surface area (Å²) >= 11 is 0. The van der Waals surface area contributed by atoms with Crippen LogP contribution in [0.25, 0.3) is 11.5 Å². The zero-order valence-corrected chi connectivity index (χ0v) is 10.4. The van der Waals surface area contributed by atoms with Crippen molar-refractivity contribution in [3.8, 4) is 11.5 Å². The van der Waals surface area contributed by atoms with Crippen molar-refractivity contribution in [1.29, 1.82) is 0 Å². The lowest BCUT2D eigenvalue weighted by atomic mass is 10.1. The van der Waals surface area contributed by atoms with Crippen LogP contribution in [0.5, 0.6) is 0 Å². The number of unbranched alkanes of at least 4 members (excludes halogenated alkanes) is 1. The summed E-state index contributed by atoms with van der Waals surface area (Å²) in [6.45, 7) is 4.22. The number of hydrogen-bond donors (Lipinski definition) is 0. The predicted octanol–water partition coefficient (Wildman–Crippen LogP) is 3.64. The maximum Gasteiger partial charge on any atom is 0.257 e. The first-order valence-electron chi connectivity index (χ1n) is 6.25. The Balaban J connectivity index is 2.11. The van der Waals surface area contributed by atoms with Gasteiger partial charge in [0, 0.05) is 12.0 Å². The Morgan fingerprint density at radius 2 is 1.88 bits per heavy atom. The fourth-order valence-electron chi connectivity index (χ4n) is 1.71. The number of nitrogens with zero attached hydrogens (tertiary/aromatic N) is 2. The third kappa shape index (κ3) is 2.93. The van der Waals surface area contributed by atoms with E-state index in [0.717, 1.165) is 24.2 Å². The predicted molar refractivity (Wildman–Crippen MR) is 67.7 cm³/mol. The van der Waals surface area contributed by atoms with Crippen molar-refractivity contribution in [1.82, 2.24) is 10.1 Å². The van der Waals surface area contributed by atoms with Crippen molar-refractivity contribution < 1.29 is 4.52 Å². The third-order valence-electron chi connectivity index (χ3n) is 2.80. The summed E-state index contributed by atoms with van der Waals surface area (Å²) in [6, 6.07) is 8.39. The summed E-state index contributed by atoms with van der Waals surface area (Å²) in [5, 5.41) is 3.90. The highest BCUT2D eigenvalue weighted by molar-refractivity contribution is 5.53. The molecule has 2 aromatic rings. The van der Waals surface area contributed by atoms with Gasteiger partial charge in [-0.3, -0.25) is 0 Å². The van der Waals surface area contributed by atoms with Gasteiger partial charge in [-0.25, -0.2) is 0 Å². The Bertz CT molecular complexity index is 459. The van der Waals surface area contributed by atoms with E-state index >= 15 is 0 Å². The van der Waals surface area contributed by atoms with E-state index in [1.165, 1.54) is 18.4 Å². The molecule has 1 aromatic carbocycles.